The normalized spacial score (nSPS) is 12.8. The molecule has 2 heterocycles. The Morgan fingerprint density at radius 2 is 0.944 bits per heavy atom. The number of hydrogen-bond donors (Lipinski definition) is 0. The van der Waals surface area contributed by atoms with Crippen molar-refractivity contribution in [3.05, 3.63) is 197 Å². The van der Waals surface area contributed by atoms with Crippen LogP contribution in [0, 0.1) is 17.9 Å². The summed E-state index contributed by atoms with van der Waals surface area (Å²) < 4.78 is 0. The molecule has 9 rings (SSSR count). The summed E-state index contributed by atoms with van der Waals surface area (Å²) in [6, 6.07) is 56.7. The molecule has 7 aromatic carbocycles. The number of rotatable bonds is 6. The summed E-state index contributed by atoms with van der Waals surface area (Å²) in [6.45, 7) is 8.01. The molecule has 0 fully saturated rings. The van der Waals surface area contributed by atoms with Crippen LogP contribution in [0.5, 0.6) is 0 Å². The first-order valence-electron chi connectivity index (χ1n) is 17.5. The van der Waals surface area contributed by atoms with Gasteiger partial charge < -0.3 is 9.80 Å². The van der Waals surface area contributed by atoms with Crippen LogP contribution in [0.2, 0.25) is 0 Å². The Bertz CT molecular complexity index is 2520. The van der Waals surface area contributed by atoms with Crippen LogP contribution in [-0.4, -0.2) is 0 Å². The minimum absolute atomic E-state index is 0.498. The zero-order valence-corrected chi connectivity index (χ0v) is 30.6. The van der Waals surface area contributed by atoms with E-state index in [1.54, 1.807) is 23.5 Å². The molecule has 7 aromatic rings. The highest BCUT2D eigenvalue weighted by molar-refractivity contribution is 8.00. The van der Waals surface area contributed by atoms with Gasteiger partial charge in [0.15, 0.2) is 5.69 Å². The van der Waals surface area contributed by atoms with Gasteiger partial charge in [-0.3, -0.25) is 0 Å². The fourth-order valence-electron chi connectivity index (χ4n) is 6.92. The molecule has 2 aliphatic heterocycles. The Hall–Kier alpha value is -6.70. The summed E-state index contributed by atoms with van der Waals surface area (Å²) in [5, 5.41) is 10.2. The fraction of sp³-hybridized carbons (Fsp3) is 0. The van der Waals surface area contributed by atoms with Gasteiger partial charge in [-0.05, 0) is 107 Å². The second kappa shape index (κ2) is 14.4. The maximum Gasteiger partial charge on any atom is 0.194 e. The maximum absolute atomic E-state index is 10.2. The molecular weight excluding hydrogens is 697 g/mol. The van der Waals surface area contributed by atoms with Crippen LogP contribution >= 0.6 is 23.5 Å². The second-order valence-electron chi connectivity index (χ2n) is 12.8. The van der Waals surface area contributed by atoms with Crippen molar-refractivity contribution in [1.82, 2.24) is 0 Å². The first-order valence-corrected chi connectivity index (χ1v) is 19.1. The molecule has 0 bridgehead atoms. The van der Waals surface area contributed by atoms with Crippen LogP contribution < -0.4 is 9.80 Å². The molecule has 0 radical (unpaired) electrons. The summed E-state index contributed by atoms with van der Waals surface area (Å²) in [4.78, 5) is 13.2. The molecular formula is C48H30N4S2. The lowest BCUT2D eigenvalue weighted by Crippen LogP contribution is -2.14. The van der Waals surface area contributed by atoms with Gasteiger partial charge in [0.25, 0.3) is 0 Å². The zero-order valence-electron chi connectivity index (χ0n) is 28.9. The molecule has 0 saturated carbocycles. The predicted octanol–water partition coefficient (Wildman–Crippen LogP) is 14.3. The SMILES string of the molecule is [C-]#[N+]c1cc(/C=C/c2ccc3c(c2)Sc2ccccc2N3c2ccccc2)c(C#N)cc1/C=C/c1ccc2c(c1)Sc1ccccc1N2c1ccccc1. The Balaban J connectivity index is 0.996. The van der Waals surface area contributed by atoms with Crippen LogP contribution in [0.1, 0.15) is 27.8 Å². The smallest absolute Gasteiger partial charge is 0.194 e. The molecule has 0 aromatic heterocycles. The van der Waals surface area contributed by atoms with E-state index in [4.69, 9.17) is 6.57 Å². The van der Waals surface area contributed by atoms with Gasteiger partial charge in [-0.2, -0.15) is 5.26 Å². The van der Waals surface area contributed by atoms with Crippen LogP contribution in [0.3, 0.4) is 0 Å². The van der Waals surface area contributed by atoms with E-state index >= 15 is 0 Å². The quantitative estimate of drug-likeness (QED) is 0.126. The number of fused-ring (bicyclic) bond motifs is 4. The Labute approximate surface area is 323 Å². The molecule has 0 aliphatic carbocycles. The average Bonchev–Trinajstić information content (AvgIpc) is 3.23. The molecule has 0 atom stereocenters. The maximum atomic E-state index is 10.2. The van der Waals surface area contributed by atoms with Crippen LogP contribution in [0.4, 0.5) is 39.8 Å². The van der Waals surface area contributed by atoms with Crippen molar-refractivity contribution in [2.75, 3.05) is 9.80 Å². The Kier molecular flexibility index (Phi) is 8.83. The van der Waals surface area contributed by atoms with E-state index < -0.39 is 0 Å². The summed E-state index contributed by atoms with van der Waals surface area (Å²) in [5.74, 6) is 0. The second-order valence-corrected chi connectivity index (χ2v) is 15.0. The van der Waals surface area contributed by atoms with Gasteiger partial charge in [0.05, 0.1) is 41.0 Å². The molecule has 0 N–H and O–H groups in total. The Morgan fingerprint density at radius 1 is 0.481 bits per heavy atom. The molecule has 6 heteroatoms. The third kappa shape index (κ3) is 6.25. The van der Waals surface area contributed by atoms with Gasteiger partial charge in [-0.25, -0.2) is 4.85 Å². The van der Waals surface area contributed by atoms with Crippen molar-refractivity contribution in [2.24, 2.45) is 0 Å². The van der Waals surface area contributed by atoms with E-state index in [1.807, 2.05) is 48.6 Å². The number of nitrogens with zero attached hydrogens (tertiary/aromatic N) is 4. The van der Waals surface area contributed by atoms with Crippen molar-refractivity contribution in [2.45, 2.75) is 19.6 Å². The first-order chi connectivity index (χ1) is 26.7. The standard InChI is InChI=1S/C48H30N4S2/c1-50-40-31-35(24-20-33-22-26-43-47(28-33)53-45-18-10-8-16-41(45)51(43)38-12-4-2-5-13-38)37(32-49)30-36(40)25-21-34-23-27-44-48(29-34)54-46-19-11-9-17-42(46)52(44)39-14-6-3-7-15-39/h2-31H/b24-20+,25-21+. The van der Waals surface area contributed by atoms with E-state index in [2.05, 4.69) is 154 Å². The van der Waals surface area contributed by atoms with E-state index in [-0.39, 0.29) is 0 Å². The number of hydrogen-bond acceptors (Lipinski definition) is 5. The van der Waals surface area contributed by atoms with Gasteiger partial charge in [0.2, 0.25) is 0 Å². The van der Waals surface area contributed by atoms with Gasteiger partial charge in [0.1, 0.15) is 0 Å². The minimum atomic E-state index is 0.498. The average molecular weight is 727 g/mol. The lowest BCUT2D eigenvalue weighted by Gasteiger charge is -2.33. The summed E-state index contributed by atoms with van der Waals surface area (Å²) in [6.07, 6.45) is 7.93. The largest absolute Gasteiger partial charge is 0.308 e. The molecule has 0 unspecified atom stereocenters. The van der Waals surface area contributed by atoms with Crippen LogP contribution in [0.25, 0.3) is 29.1 Å². The molecule has 0 spiro atoms. The lowest BCUT2D eigenvalue weighted by molar-refractivity contribution is 1.16. The number of benzene rings is 7. The number of anilines is 6. The fourth-order valence-corrected chi connectivity index (χ4v) is 9.14. The predicted molar refractivity (Wildman–Crippen MR) is 226 cm³/mol. The van der Waals surface area contributed by atoms with Crippen molar-refractivity contribution in [1.29, 1.82) is 5.26 Å². The van der Waals surface area contributed by atoms with E-state index in [9.17, 15) is 5.26 Å². The van der Waals surface area contributed by atoms with E-state index in [0.29, 0.717) is 22.4 Å². The topological polar surface area (TPSA) is 34.6 Å². The highest BCUT2D eigenvalue weighted by Gasteiger charge is 2.26. The van der Waals surface area contributed by atoms with E-state index in [0.717, 1.165) is 55.0 Å². The summed E-state index contributed by atoms with van der Waals surface area (Å²) >= 11 is 3.52. The summed E-state index contributed by atoms with van der Waals surface area (Å²) in [5.41, 5.74) is 11.3. The van der Waals surface area contributed by atoms with Crippen molar-refractivity contribution in [3.8, 4) is 6.07 Å². The highest BCUT2D eigenvalue weighted by Crippen LogP contribution is 2.53. The molecule has 0 amide bonds. The van der Waals surface area contributed by atoms with Crippen molar-refractivity contribution >= 4 is 87.6 Å². The van der Waals surface area contributed by atoms with E-state index in [1.165, 1.54) is 9.79 Å². The van der Waals surface area contributed by atoms with Crippen molar-refractivity contribution in [3.63, 3.8) is 0 Å². The third-order valence-corrected chi connectivity index (χ3v) is 11.7. The molecule has 254 valence electrons. The monoisotopic (exact) mass is 726 g/mol. The van der Waals surface area contributed by atoms with Gasteiger partial charge in [-0.1, -0.05) is 121 Å². The molecule has 0 saturated heterocycles. The minimum Gasteiger partial charge on any atom is -0.308 e. The van der Waals surface area contributed by atoms with Gasteiger partial charge in [0, 0.05) is 31.0 Å². The molecule has 54 heavy (non-hydrogen) atoms. The zero-order chi connectivity index (χ0) is 36.4. The van der Waals surface area contributed by atoms with Crippen LogP contribution in [-0.2, 0) is 0 Å². The Morgan fingerprint density at radius 3 is 1.44 bits per heavy atom. The third-order valence-electron chi connectivity index (χ3n) is 9.48. The number of para-hydroxylation sites is 4. The lowest BCUT2D eigenvalue weighted by atomic mass is 10.0. The molecule has 2 aliphatic rings. The summed E-state index contributed by atoms with van der Waals surface area (Å²) in [7, 11) is 0. The highest BCUT2D eigenvalue weighted by atomic mass is 32.2. The van der Waals surface area contributed by atoms with Crippen molar-refractivity contribution < 1.29 is 0 Å². The first kappa shape index (κ1) is 33.2. The van der Waals surface area contributed by atoms with Crippen LogP contribution in [0.15, 0.2) is 177 Å². The van der Waals surface area contributed by atoms with Gasteiger partial charge >= 0.3 is 0 Å². The van der Waals surface area contributed by atoms with Gasteiger partial charge in [-0.15, -0.1) is 0 Å². The molecule has 4 nitrogen and oxygen atoms in total. The number of nitriles is 1.